The Kier molecular flexibility index (Phi) is 1.77. The fraction of sp³-hybridized carbons (Fsp3) is 0.400. The molecular formula is C10H11N5. The molecule has 76 valence electrons. The maximum absolute atomic E-state index is 4.40. The van der Waals surface area contributed by atoms with Crippen molar-refractivity contribution in [1.29, 1.82) is 0 Å². The van der Waals surface area contributed by atoms with Crippen LogP contribution in [0.3, 0.4) is 0 Å². The molecule has 0 spiro atoms. The number of hydrogen-bond acceptors (Lipinski definition) is 4. The average Bonchev–Trinajstić information content (AvgIpc) is 2.99. The van der Waals surface area contributed by atoms with E-state index in [0.29, 0.717) is 11.9 Å². The van der Waals surface area contributed by atoms with Gasteiger partial charge in [0, 0.05) is 12.4 Å². The lowest BCUT2D eigenvalue weighted by Gasteiger charge is -1.95. The van der Waals surface area contributed by atoms with E-state index in [9.17, 15) is 0 Å². The minimum atomic E-state index is 0.567. The van der Waals surface area contributed by atoms with E-state index in [2.05, 4.69) is 20.1 Å². The Labute approximate surface area is 87.2 Å². The molecule has 1 aliphatic rings. The van der Waals surface area contributed by atoms with Gasteiger partial charge in [0.25, 0.3) is 0 Å². The SMILES string of the molecule is Cc1ncc(-c2ncn(C3CC3)n2)cn1. The minimum Gasteiger partial charge on any atom is -0.249 e. The number of rotatable bonds is 2. The Morgan fingerprint density at radius 2 is 1.93 bits per heavy atom. The number of aromatic nitrogens is 5. The summed E-state index contributed by atoms with van der Waals surface area (Å²) in [4.78, 5) is 12.5. The summed E-state index contributed by atoms with van der Waals surface area (Å²) in [6.45, 7) is 1.86. The molecule has 0 amide bonds. The second-order valence-electron chi connectivity index (χ2n) is 3.80. The molecule has 0 radical (unpaired) electrons. The van der Waals surface area contributed by atoms with E-state index >= 15 is 0 Å². The highest BCUT2D eigenvalue weighted by molar-refractivity contribution is 5.50. The van der Waals surface area contributed by atoms with E-state index in [1.54, 1.807) is 18.7 Å². The largest absolute Gasteiger partial charge is 0.249 e. The van der Waals surface area contributed by atoms with Gasteiger partial charge >= 0.3 is 0 Å². The van der Waals surface area contributed by atoms with Gasteiger partial charge in [-0.25, -0.2) is 19.6 Å². The van der Waals surface area contributed by atoms with E-state index in [-0.39, 0.29) is 0 Å². The highest BCUT2D eigenvalue weighted by atomic mass is 15.4. The zero-order chi connectivity index (χ0) is 10.3. The smallest absolute Gasteiger partial charge is 0.184 e. The predicted octanol–water partition coefficient (Wildman–Crippen LogP) is 1.38. The summed E-state index contributed by atoms with van der Waals surface area (Å²) in [6, 6.07) is 0.567. The summed E-state index contributed by atoms with van der Waals surface area (Å²) < 4.78 is 1.93. The van der Waals surface area contributed by atoms with Crippen molar-refractivity contribution in [1.82, 2.24) is 24.7 Å². The third kappa shape index (κ3) is 1.60. The van der Waals surface area contributed by atoms with E-state index in [1.165, 1.54) is 12.8 Å². The molecule has 0 bridgehead atoms. The summed E-state index contributed by atoms with van der Waals surface area (Å²) in [6.07, 6.45) is 7.73. The Bertz CT molecular complexity index is 469. The molecule has 1 saturated carbocycles. The summed E-state index contributed by atoms with van der Waals surface area (Å²) in [5.41, 5.74) is 0.875. The van der Waals surface area contributed by atoms with Crippen LogP contribution in [0, 0.1) is 6.92 Å². The second-order valence-corrected chi connectivity index (χ2v) is 3.80. The van der Waals surface area contributed by atoms with E-state index in [1.807, 2.05) is 11.6 Å². The molecule has 2 aromatic rings. The Morgan fingerprint density at radius 3 is 2.60 bits per heavy atom. The number of aryl methyl sites for hydroxylation is 1. The van der Waals surface area contributed by atoms with Crippen LogP contribution >= 0.6 is 0 Å². The molecule has 2 aromatic heterocycles. The highest BCUT2D eigenvalue weighted by Gasteiger charge is 2.24. The summed E-state index contributed by atoms with van der Waals surface area (Å²) >= 11 is 0. The van der Waals surface area contributed by atoms with Crippen LogP contribution in [-0.2, 0) is 0 Å². The molecule has 0 atom stereocenters. The molecule has 0 unspecified atom stereocenters. The zero-order valence-electron chi connectivity index (χ0n) is 8.46. The molecule has 5 heteroatoms. The molecule has 0 N–H and O–H groups in total. The quantitative estimate of drug-likeness (QED) is 0.736. The van der Waals surface area contributed by atoms with Crippen LogP contribution in [0.1, 0.15) is 24.7 Å². The van der Waals surface area contributed by atoms with Crippen molar-refractivity contribution in [2.75, 3.05) is 0 Å². The van der Waals surface area contributed by atoms with Gasteiger partial charge in [-0.05, 0) is 19.8 Å². The molecule has 3 rings (SSSR count). The molecule has 1 aliphatic carbocycles. The summed E-state index contributed by atoms with van der Waals surface area (Å²) in [5, 5.41) is 4.40. The monoisotopic (exact) mass is 201 g/mol. The van der Waals surface area contributed by atoms with Crippen molar-refractivity contribution in [3.63, 3.8) is 0 Å². The maximum atomic E-state index is 4.40. The van der Waals surface area contributed by atoms with Gasteiger partial charge in [-0.1, -0.05) is 0 Å². The zero-order valence-corrected chi connectivity index (χ0v) is 8.46. The molecule has 5 nitrogen and oxygen atoms in total. The van der Waals surface area contributed by atoms with Crippen LogP contribution in [0.15, 0.2) is 18.7 Å². The van der Waals surface area contributed by atoms with Gasteiger partial charge in [-0.3, -0.25) is 0 Å². The van der Waals surface area contributed by atoms with Crippen molar-refractivity contribution >= 4 is 0 Å². The van der Waals surface area contributed by atoms with Crippen LogP contribution in [0.2, 0.25) is 0 Å². The Hall–Kier alpha value is -1.78. The van der Waals surface area contributed by atoms with Gasteiger partial charge < -0.3 is 0 Å². The minimum absolute atomic E-state index is 0.567. The Balaban J connectivity index is 1.93. The van der Waals surface area contributed by atoms with Gasteiger partial charge in [0.1, 0.15) is 12.2 Å². The van der Waals surface area contributed by atoms with E-state index in [0.717, 1.165) is 11.4 Å². The molecule has 0 aliphatic heterocycles. The Morgan fingerprint density at radius 1 is 1.20 bits per heavy atom. The van der Waals surface area contributed by atoms with Gasteiger partial charge in [-0.15, -0.1) is 0 Å². The van der Waals surface area contributed by atoms with Crippen LogP contribution in [0.5, 0.6) is 0 Å². The van der Waals surface area contributed by atoms with Gasteiger partial charge in [0.05, 0.1) is 11.6 Å². The van der Waals surface area contributed by atoms with Crippen molar-refractivity contribution in [2.45, 2.75) is 25.8 Å². The maximum Gasteiger partial charge on any atom is 0.184 e. The van der Waals surface area contributed by atoms with Crippen LogP contribution < -0.4 is 0 Å². The van der Waals surface area contributed by atoms with Crippen LogP contribution in [-0.4, -0.2) is 24.7 Å². The molecule has 0 saturated heterocycles. The van der Waals surface area contributed by atoms with Crippen molar-refractivity contribution in [2.24, 2.45) is 0 Å². The molecule has 15 heavy (non-hydrogen) atoms. The van der Waals surface area contributed by atoms with E-state index < -0.39 is 0 Å². The van der Waals surface area contributed by atoms with Crippen molar-refractivity contribution in [3.05, 3.63) is 24.5 Å². The second kappa shape index (κ2) is 3.12. The van der Waals surface area contributed by atoms with E-state index in [4.69, 9.17) is 0 Å². The lowest BCUT2D eigenvalue weighted by atomic mass is 10.3. The standard InChI is InChI=1S/C10H11N5/c1-7-11-4-8(5-12-7)10-13-6-15(14-10)9-2-3-9/h4-6,9H,2-3H2,1H3. The van der Waals surface area contributed by atoms with Crippen molar-refractivity contribution in [3.8, 4) is 11.4 Å². The summed E-state index contributed by atoms with van der Waals surface area (Å²) in [5.74, 6) is 1.47. The normalized spacial score (nSPS) is 15.5. The number of hydrogen-bond donors (Lipinski definition) is 0. The highest BCUT2D eigenvalue weighted by Crippen LogP contribution is 2.34. The number of nitrogens with zero attached hydrogens (tertiary/aromatic N) is 5. The topological polar surface area (TPSA) is 56.5 Å². The first kappa shape index (κ1) is 8.52. The fourth-order valence-corrected chi connectivity index (χ4v) is 1.43. The van der Waals surface area contributed by atoms with Crippen molar-refractivity contribution < 1.29 is 0 Å². The van der Waals surface area contributed by atoms with Crippen LogP contribution in [0.25, 0.3) is 11.4 Å². The van der Waals surface area contributed by atoms with Gasteiger partial charge in [0.2, 0.25) is 0 Å². The van der Waals surface area contributed by atoms with Gasteiger partial charge in [-0.2, -0.15) is 5.10 Å². The first-order valence-electron chi connectivity index (χ1n) is 5.03. The molecular weight excluding hydrogens is 190 g/mol. The first-order valence-corrected chi connectivity index (χ1v) is 5.03. The molecule has 0 aromatic carbocycles. The summed E-state index contributed by atoms with van der Waals surface area (Å²) in [7, 11) is 0. The average molecular weight is 201 g/mol. The molecule has 2 heterocycles. The van der Waals surface area contributed by atoms with Gasteiger partial charge in [0.15, 0.2) is 5.82 Å². The van der Waals surface area contributed by atoms with Crippen LogP contribution in [0.4, 0.5) is 0 Å². The fourth-order valence-electron chi connectivity index (χ4n) is 1.43. The lowest BCUT2D eigenvalue weighted by molar-refractivity contribution is 0.641. The lowest BCUT2D eigenvalue weighted by Crippen LogP contribution is -1.94. The third-order valence-electron chi connectivity index (χ3n) is 2.47. The first-order chi connectivity index (χ1) is 7.33. The third-order valence-corrected chi connectivity index (χ3v) is 2.47. The predicted molar refractivity (Wildman–Crippen MR) is 54.1 cm³/mol. The molecule has 1 fully saturated rings.